The van der Waals surface area contributed by atoms with Crippen molar-refractivity contribution in [2.24, 2.45) is 5.41 Å². The molecule has 1 heterocycles. The van der Waals surface area contributed by atoms with Gasteiger partial charge in [0.05, 0.1) is 18.9 Å². The standard InChI is InChI=1S/C24H30N2O3/c1-18-8-10-19(11-9-18)15-22(27)26-13-5-12-24(2,17-26)23(28)25-16-20-6-4-7-21(14-20)29-3/h4,6-11,14H,5,12-13,15-17H2,1-3H3,(H,25,28)/t24-/m0/s1. The van der Waals surface area contributed by atoms with Crippen LogP contribution in [0.15, 0.2) is 48.5 Å². The van der Waals surface area contributed by atoms with E-state index >= 15 is 0 Å². The van der Waals surface area contributed by atoms with Crippen LogP contribution < -0.4 is 10.1 Å². The van der Waals surface area contributed by atoms with E-state index in [4.69, 9.17) is 4.74 Å². The SMILES string of the molecule is COc1cccc(CNC(=O)[C@@]2(C)CCCN(C(=O)Cc3ccc(C)cc3)C2)c1. The number of hydrogen-bond donors (Lipinski definition) is 1. The molecule has 1 fully saturated rings. The first-order valence-corrected chi connectivity index (χ1v) is 10.1. The van der Waals surface area contributed by atoms with E-state index in [2.05, 4.69) is 5.32 Å². The van der Waals surface area contributed by atoms with Crippen LogP contribution in [-0.2, 0) is 22.6 Å². The van der Waals surface area contributed by atoms with E-state index in [1.807, 2.05) is 67.3 Å². The lowest BCUT2D eigenvalue weighted by Crippen LogP contribution is -2.52. The second kappa shape index (κ2) is 9.12. The van der Waals surface area contributed by atoms with Crippen molar-refractivity contribution < 1.29 is 14.3 Å². The Morgan fingerprint density at radius 1 is 1.14 bits per heavy atom. The summed E-state index contributed by atoms with van der Waals surface area (Å²) >= 11 is 0. The number of carbonyl (C=O) groups is 2. The number of benzene rings is 2. The van der Waals surface area contributed by atoms with E-state index in [1.165, 1.54) is 5.56 Å². The van der Waals surface area contributed by atoms with Crippen LogP contribution in [-0.4, -0.2) is 36.9 Å². The Hall–Kier alpha value is -2.82. The van der Waals surface area contributed by atoms with Gasteiger partial charge in [0.1, 0.15) is 5.75 Å². The number of piperidine rings is 1. The Morgan fingerprint density at radius 3 is 2.62 bits per heavy atom. The summed E-state index contributed by atoms with van der Waals surface area (Å²) in [6.45, 7) is 5.61. The Bertz CT molecular complexity index is 863. The maximum Gasteiger partial charge on any atom is 0.227 e. The molecule has 29 heavy (non-hydrogen) atoms. The third-order valence-corrected chi connectivity index (χ3v) is 5.66. The zero-order valence-corrected chi connectivity index (χ0v) is 17.5. The number of aryl methyl sites for hydroxylation is 1. The predicted octanol–water partition coefficient (Wildman–Crippen LogP) is 3.49. The normalized spacial score (nSPS) is 18.9. The van der Waals surface area contributed by atoms with Crippen LogP contribution in [0.3, 0.4) is 0 Å². The summed E-state index contributed by atoms with van der Waals surface area (Å²) in [6.07, 6.45) is 2.00. The number of ether oxygens (including phenoxy) is 1. The van der Waals surface area contributed by atoms with Gasteiger partial charge < -0.3 is 15.0 Å². The molecule has 0 saturated carbocycles. The summed E-state index contributed by atoms with van der Waals surface area (Å²) in [5.41, 5.74) is 2.61. The van der Waals surface area contributed by atoms with E-state index in [0.29, 0.717) is 26.1 Å². The van der Waals surface area contributed by atoms with Gasteiger partial charge >= 0.3 is 0 Å². The molecule has 0 bridgehead atoms. The molecule has 2 aromatic carbocycles. The van der Waals surface area contributed by atoms with Crippen molar-refractivity contribution in [3.8, 4) is 5.75 Å². The quantitative estimate of drug-likeness (QED) is 0.816. The molecule has 0 radical (unpaired) electrons. The summed E-state index contributed by atoms with van der Waals surface area (Å²) in [5, 5.41) is 3.04. The highest BCUT2D eigenvalue weighted by molar-refractivity contribution is 5.84. The van der Waals surface area contributed by atoms with Crippen LogP contribution in [0.2, 0.25) is 0 Å². The maximum absolute atomic E-state index is 12.9. The first-order valence-electron chi connectivity index (χ1n) is 10.1. The highest BCUT2D eigenvalue weighted by Gasteiger charge is 2.39. The number of rotatable bonds is 6. The van der Waals surface area contributed by atoms with Crippen molar-refractivity contribution in [3.05, 3.63) is 65.2 Å². The highest BCUT2D eigenvalue weighted by Crippen LogP contribution is 2.30. The molecule has 1 N–H and O–H groups in total. The first kappa shape index (κ1) is 20.9. The van der Waals surface area contributed by atoms with Crippen molar-refractivity contribution in [2.45, 2.75) is 39.7 Å². The molecule has 1 atom stereocenters. The molecular formula is C24H30N2O3. The summed E-state index contributed by atoms with van der Waals surface area (Å²) in [7, 11) is 1.63. The monoisotopic (exact) mass is 394 g/mol. The van der Waals surface area contributed by atoms with Crippen molar-refractivity contribution >= 4 is 11.8 Å². The predicted molar refractivity (Wildman–Crippen MR) is 114 cm³/mol. The molecule has 5 heteroatoms. The average Bonchev–Trinajstić information content (AvgIpc) is 2.73. The van der Waals surface area contributed by atoms with Gasteiger partial charge in [-0.1, -0.05) is 42.0 Å². The summed E-state index contributed by atoms with van der Waals surface area (Å²) in [6, 6.07) is 15.7. The topological polar surface area (TPSA) is 58.6 Å². The van der Waals surface area contributed by atoms with Crippen LogP contribution >= 0.6 is 0 Å². The molecule has 154 valence electrons. The van der Waals surface area contributed by atoms with E-state index in [1.54, 1.807) is 7.11 Å². The maximum atomic E-state index is 12.9. The molecular weight excluding hydrogens is 364 g/mol. The smallest absolute Gasteiger partial charge is 0.227 e. The second-order valence-electron chi connectivity index (χ2n) is 8.18. The van der Waals surface area contributed by atoms with E-state index in [9.17, 15) is 9.59 Å². The fourth-order valence-electron chi connectivity index (χ4n) is 3.81. The molecule has 2 aromatic rings. The number of hydrogen-bond acceptors (Lipinski definition) is 3. The molecule has 3 rings (SSSR count). The zero-order valence-electron chi connectivity index (χ0n) is 17.5. The fourth-order valence-corrected chi connectivity index (χ4v) is 3.81. The average molecular weight is 395 g/mol. The Kier molecular flexibility index (Phi) is 6.57. The van der Waals surface area contributed by atoms with Gasteiger partial charge in [-0.2, -0.15) is 0 Å². The first-order chi connectivity index (χ1) is 13.9. The van der Waals surface area contributed by atoms with Gasteiger partial charge in [-0.3, -0.25) is 9.59 Å². The van der Waals surface area contributed by atoms with Crippen molar-refractivity contribution in [3.63, 3.8) is 0 Å². The minimum atomic E-state index is -0.569. The molecule has 0 unspecified atom stereocenters. The van der Waals surface area contributed by atoms with Gasteiger partial charge in [-0.05, 0) is 49.9 Å². The van der Waals surface area contributed by atoms with Crippen LogP contribution in [0.1, 0.15) is 36.5 Å². The lowest BCUT2D eigenvalue weighted by atomic mass is 9.80. The molecule has 0 spiro atoms. The Morgan fingerprint density at radius 2 is 1.90 bits per heavy atom. The summed E-state index contributed by atoms with van der Waals surface area (Å²) in [5.74, 6) is 0.849. The van der Waals surface area contributed by atoms with Crippen LogP contribution in [0, 0.1) is 12.3 Å². The second-order valence-corrected chi connectivity index (χ2v) is 8.18. The number of nitrogens with one attached hydrogen (secondary N) is 1. The van der Waals surface area contributed by atoms with Crippen LogP contribution in [0.5, 0.6) is 5.75 Å². The number of methoxy groups -OCH3 is 1. The third-order valence-electron chi connectivity index (χ3n) is 5.66. The molecule has 1 aliphatic heterocycles. The number of carbonyl (C=O) groups excluding carboxylic acids is 2. The summed E-state index contributed by atoms with van der Waals surface area (Å²) in [4.78, 5) is 27.6. The minimum absolute atomic E-state index is 0.00634. The van der Waals surface area contributed by atoms with Gasteiger partial charge in [-0.15, -0.1) is 0 Å². The zero-order chi connectivity index (χ0) is 20.9. The van der Waals surface area contributed by atoms with E-state index < -0.39 is 5.41 Å². The molecule has 2 amide bonds. The van der Waals surface area contributed by atoms with Gasteiger partial charge in [0, 0.05) is 19.6 Å². The largest absolute Gasteiger partial charge is 0.497 e. The van der Waals surface area contributed by atoms with Gasteiger partial charge in [0.15, 0.2) is 0 Å². The Balaban J connectivity index is 1.59. The van der Waals surface area contributed by atoms with Crippen molar-refractivity contribution in [1.29, 1.82) is 0 Å². The number of amides is 2. The van der Waals surface area contributed by atoms with Crippen molar-refractivity contribution in [2.75, 3.05) is 20.2 Å². The van der Waals surface area contributed by atoms with Gasteiger partial charge in [0.2, 0.25) is 11.8 Å². The minimum Gasteiger partial charge on any atom is -0.497 e. The molecule has 0 aromatic heterocycles. The van der Waals surface area contributed by atoms with Crippen molar-refractivity contribution in [1.82, 2.24) is 10.2 Å². The molecule has 5 nitrogen and oxygen atoms in total. The lowest BCUT2D eigenvalue weighted by Gasteiger charge is -2.39. The lowest BCUT2D eigenvalue weighted by molar-refractivity contribution is -0.140. The summed E-state index contributed by atoms with van der Waals surface area (Å²) < 4.78 is 5.24. The Labute approximate surface area is 173 Å². The van der Waals surface area contributed by atoms with Crippen LogP contribution in [0.25, 0.3) is 0 Å². The number of nitrogens with zero attached hydrogens (tertiary/aromatic N) is 1. The molecule has 1 saturated heterocycles. The fraction of sp³-hybridized carbons (Fsp3) is 0.417. The van der Waals surface area contributed by atoms with E-state index in [-0.39, 0.29) is 11.8 Å². The highest BCUT2D eigenvalue weighted by atomic mass is 16.5. The molecule has 0 aliphatic carbocycles. The van der Waals surface area contributed by atoms with E-state index in [0.717, 1.165) is 29.7 Å². The number of likely N-dealkylation sites (tertiary alicyclic amines) is 1. The van der Waals surface area contributed by atoms with Crippen LogP contribution in [0.4, 0.5) is 0 Å². The molecule has 1 aliphatic rings. The third kappa shape index (κ3) is 5.37. The van der Waals surface area contributed by atoms with Gasteiger partial charge in [0.25, 0.3) is 0 Å². The van der Waals surface area contributed by atoms with Gasteiger partial charge in [-0.25, -0.2) is 0 Å².